The molecule has 0 bridgehead atoms. The Morgan fingerprint density at radius 2 is 1.88 bits per heavy atom. The number of anilines is 2. The summed E-state index contributed by atoms with van der Waals surface area (Å²) in [6.07, 6.45) is 1.37. The van der Waals surface area contributed by atoms with Crippen LogP contribution in [0.15, 0.2) is 54.2 Å². The monoisotopic (exact) mass is 449 g/mol. The van der Waals surface area contributed by atoms with Crippen LogP contribution < -0.4 is 20.1 Å². The second kappa shape index (κ2) is 8.94. The molecule has 0 spiro atoms. The number of carbonyl (C=O) groups excluding carboxylic acids is 1. The number of nitrogens with zero attached hydrogens (tertiary/aromatic N) is 1. The Kier molecular flexibility index (Phi) is 6.65. The van der Waals surface area contributed by atoms with E-state index in [4.69, 9.17) is 9.47 Å². The summed E-state index contributed by atoms with van der Waals surface area (Å²) >= 11 is 2.20. The highest BCUT2D eigenvalue weighted by molar-refractivity contribution is 14.1. The maximum atomic E-state index is 12.3. The van der Waals surface area contributed by atoms with E-state index in [0.717, 1.165) is 9.26 Å². The zero-order chi connectivity index (χ0) is 18.2. The minimum absolute atomic E-state index is 0.0663. The molecule has 2 rings (SSSR count). The van der Waals surface area contributed by atoms with Gasteiger partial charge in [-0.2, -0.15) is 5.26 Å². The second-order valence-electron chi connectivity index (χ2n) is 4.84. The fourth-order valence-corrected chi connectivity index (χ4v) is 2.31. The van der Waals surface area contributed by atoms with E-state index < -0.39 is 5.91 Å². The molecule has 1 amide bonds. The molecule has 0 aliphatic carbocycles. The number of methoxy groups -OCH3 is 2. The molecule has 2 aromatic carbocycles. The maximum absolute atomic E-state index is 12.3. The van der Waals surface area contributed by atoms with E-state index >= 15 is 0 Å². The van der Waals surface area contributed by atoms with Crippen molar-refractivity contribution in [2.75, 3.05) is 24.9 Å². The van der Waals surface area contributed by atoms with Gasteiger partial charge in [-0.15, -0.1) is 0 Å². The molecule has 0 atom stereocenters. The molecule has 0 unspecified atom stereocenters. The Bertz CT molecular complexity index is 826. The second-order valence-corrected chi connectivity index (χ2v) is 6.09. The molecule has 0 aliphatic heterocycles. The number of hydrogen-bond donors (Lipinski definition) is 2. The van der Waals surface area contributed by atoms with Crippen molar-refractivity contribution in [3.8, 4) is 17.6 Å². The van der Waals surface area contributed by atoms with Crippen LogP contribution in [0.4, 0.5) is 11.4 Å². The molecular weight excluding hydrogens is 433 g/mol. The number of nitrogens with one attached hydrogen (secondary N) is 2. The topological polar surface area (TPSA) is 83.4 Å². The number of halogens is 1. The van der Waals surface area contributed by atoms with Gasteiger partial charge in [-0.3, -0.25) is 4.79 Å². The van der Waals surface area contributed by atoms with Gasteiger partial charge < -0.3 is 20.1 Å². The summed E-state index contributed by atoms with van der Waals surface area (Å²) < 4.78 is 11.4. The summed E-state index contributed by atoms with van der Waals surface area (Å²) in [6, 6.07) is 14.5. The summed E-state index contributed by atoms with van der Waals surface area (Å²) in [7, 11) is 3.02. The Labute approximate surface area is 159 Å². The normalized spacial score (nSPS) is 10.6. The van der Waals surface area contributed by atoms with Crippen LogP contribution in [0, 0.1) is 14.9 Å². The number of rotatable bonds is 6. The number of benzene rings is 2. The zero-order valence-electron chi connectivity index (χ0n) is 13.7. The lowest BCUT2D eigenvalue weighted by Crippen LogP contribution is -2.15. The van der Waals surface area contributed by atoms with Crippen molar-refractivity contribution in [1.29, 1.82) is 5.26 Å². The third-order valence-corrected chi connectivity index (χ3v) is 3.97. The number of amides is 1. The van der Waals surface area contributed by atoms with E-state index in [1.54, 1.807) is 18.2 Å². The van der Waals surface area contributed by atoms with Gasteiger partial charge in [0.05, 0.1) is 19.9 Å². The van der Waals surface area contributed by atoms with Crippen LogP contribution in [-0.4, -0.2) is 20.1 Å². The highest BCUT2D eigenvalue weighted by Gasteiger charge is 2.13. The summed E-state index contributed by atoms with van der Waals surface area (Å²) in [5.74, 6) is 0.486. The summed E-state index contributed by atoms with van der Waals surface area (Å²) in [6.45, 7) is 0. The van der Waals surface area contributed by atoms with Crippen LogP contribution in [0.5, 0.6) is 11.5 Å². The minimum atomic E-state index is -0.549. The zero-order valence-corrected chi connectivity index (χ0v) is 15.8. The maximum Gasteiger partial charge on any atom is 0.267 e. The van der Waals surface area contributed by atoms with Crippen molar-refractivity contribution < 1.29 is 14.3 Å². The number of carbonyl (C=O) groups is 1. The molecule has 0 radical (unpaired) electrons. The van der Waals surface area contributed by atoms with E-state index in [-0.39, 0.29) is 5.57 Å². The molecule has 0 aromatic heterocycles. The molecule has 2 N–H and O–H groups in total. The third kappa shape index (κ3) is 5.12. The SMILES string of the molecule is COc1ccc(OC)c(NC(=O)/C(C#N)=C\Nc2ccc(I)cc2)c1. The van der Waals surface area contributed by atoms with E-state index in [2.05, 4.69) is 33.2 Å². The lowest BCUT2D eigenvalue weighted by Gasteiger charge is -2.11. The van der Waals surface area contributed by atoms with Gasteiger partial charge in [0.25, 0.3) is 5.91 Å². The number of nitriles is 1. The smallest absolute Gasteiger partial charge is 0.267 e. The summed E-state index contributed by atoms with van der Waals surface area (Å²) in [5.41, 5.74) is 1.13. The van der Waals surface area contributed by atoms with Gasteiger partial charge in [-0.1, -0.05) is 0 Å². The first-order valence-corrected chi connectivity index (χ1v) is 8.31. The quantitative estimate of drug-likeness (QED) is 0.399. The van der Waals surface area contributed by atoms with Gasteiger partial charge in [-0.05, 0) is 59.0 Å². The van der Waals surface area contributed by atoms with Crippen LogP contribution >= 0.6 is 22.6 Å². The van der Waals surface area contributed by atoms with Crippen LogP contribution in [0.25, 0.3) is 0 Å². The van der Waals surface area contributed by atoms with Crippen molar-refractivity contribution in [3.63, 3.8) is 0 Å². The molecular formula is C18H16IN3O3. The van der Waals surface area contributed by atoms with E-state index in [9.17, 15) is 10.1 Å². The molecule has 0 saturated heterocycles. The third-order valence-electron chi connectivity index (χ3n) is 3.25. The minimum Gasteiger partial charge on any atom is -0.497 e. The fourth-order valence-electron chi connectivity index (χ4n) is 1.95. The Morgan fingerprint density at radius 1 is 1.16 bits per heavy atom. The molecule has 2 aromatic rings. The van der Waals surface area contributed by atoms with Crippen molar-refractivity contribution >= 4 is 39.9 Å². The fraction of sp³-hybridized carbons (Fsp3) is 0.111. The first-order chi connectivity index (χ1) is 12.1. The van der Waals surface area contributed by atoms with Gasteiger partial charge in [0.15, 0.2) is 0 Å². The first kappa shape index (κ1) is 18.6. The highest BCUT2D eigenvalue weighted by atomic mass is 127. The van der Waals surface area contributed by atoms with Crippen LogP contribution in [0.3, 0.4) is 0 Å². The van der Waals surface area contributed by atoms with Crippen LogP contribution in [0.2, 0.25) is 0 Å². The first-order valence-electron chi connectivity index (χ1n) is 7.23. The molecule has 25 heavy (non-hydrogen) atoms. The van der Waals surface area contributed by atoms with Gasteiger partial charge in [0, 0.05) is 21.5 Å². The van der Waals surface area contributed by atoms with E-state index in [1.165, 1.54) is 20.4 Å². The van der Waals surface area contributed by atoms with Crippen molar-refractivity contribution in [3.05, 3.63) is 57.8 Å². The lowest BCUT2D eigenvalue weighted by atomic mass is 10.2. The van der Waals surface area contributed by atoms with Crippen LogP contribution in [0.1, 0.15) is 0 Å². The average Bonchev–Trinajstić information content (AvgIpc) is 2.63. The molecule has 0 aliphatic rings. The Morgan fingerprint density at radius 3 is 2.48 bits per heavy atom. The molecule has 128 valence electrons. The van der Waals surface area contributed by atoms with E-state index in [0.29, 0.717) is 17.2 Å². The highest BCUT2D eigenvalue weighted by Crippen LogP contribution is 2.29. The van der Waals surface area contributed by atoms with Gasteiger partial charge in [0.1, 0.15) is 23.1 Å². The standard InChI is InChI=1S/C18H16IN3O3/c1-24-15-7-8-17(25-2)16(9-15)22-18(23)12(10-20)11-21-14-5-3-13(19)4-6-14/h3-9,11,21H,1-2H3,(H,22,23)/b12-11-. The predicted molar refractivity (Wildman–Crippen MR) is 105 cm³/mol. The molecule has 0 saturated carbocycles. The van der Waals surface area contributed by atoms with Crippen molar-refractivity contribution in [2.45, 2.75) is 0 Å². The van der Waals surface area contributed by atoms with Crippen molar-refractivity contribution in [1.82, 2.24) is 0 Å². The molecule has 0 fully saturated rings. The van der Waals surface area contributed by atoms with Crippen LogP contribution in [-0.2, 0) is 4.79 Å². The Balaban J connectivity index is 2.16. The van der Waals surface area contributed by atoms with Gasteiger partial charge in [-0.25, -0.2) is 0 Å². The van der Waals surface area contributed by atoms with Gasteiger partial charge >= 0.3 is 0 Å². The molecule has 7 heteroatoms. The summed E-state index contributed by atoms with van der Waals surface area (Å²) in [4.78, 5) is 12.3. The number of hydrogen-bond acceptors (Lipinski definition) is 5. The van der Waals surface area contributed by atoms with Gasteiger partial charge in [0.2, 0.25) is 0 Å². The van der Waals surface area contributed by atoms with E-state index in [1.807, 2.05) is 30.3 Å². The predicted octanol–water partition coefficient (Wildman–Crippen LogP) is 3.77. The lowest BCUT2D eigenvalue weighted by molar-refractivity contribution is -0.112. The molecule has 6 nitrogen and oxygen atoms in total. The summed E-state index contributed by atoms with van der Waals surface area (Å²) in [5, 5.41) is 14.8. The molecule has 0 heterocycles. The number of ether oxygens (including phenoxy) is 2. The average molecular weight is 449 g/mol. The van der Waals surface area contributed by atoms with Crippen molar-refractivity contribution in [2.24, 2.45) is 0 Å². The largest absolute Gasteiger partial charge is 0.497 e. The Hall–Kier alpha value is -2.73.